The minimum atomic E-state index is -5.92. The molecule has 0 saturated carbocycles. The molecule has 0 spiro atoms. The Kier molecular flexibility index (Phi) is 52.3. The molecule has 0 unspecified atom stereocenters. The van der Waals surface area contributed by atoms with Crippen LogP contribution in [0.1, 0.15) is 0 Å². The van der Waals surface area contributed by atoms with Gasteiger partial charge in [-0.3, -0.25) is 0 Å². The Hall–Kier alpha value is 4.28. The smallest absolute Gasteiger partial charge is 0.862 e. The van der Waals surface area contributed by atoms with Crippen molar-refractivity contribution in [1.29, 1.82) is 0 Å². The molecule has 35 nitrogen and oxygen atoms in total. The van der Waals surface area contributed by atoms with Crippen molar-refractivity contribution in [2.75, 3.05) is 0 Å². The van der Waals surface area contributed by atoms with Crippen LogP contribution in [0.5, 0.6) is 0 Å². The molecule has 0 aliphatic carbocycles. The fourth-order valence-electron chi connectivity index (χ4n) is 0.765. The molecule has 0 atom stereocenters. The molecule has 280 valence electrons. The number of rotatable bonds is 10. The van der Waals surface area contributed by atoms with Gasteiger partial charge in [0.25, 0.3) is 0 Å². The van der Waals surface area contributed by atoms with Gasteiger partial charge in [0.2, 0.25) is 0 Å². The molecule has 51 heavy (non-hydrogen) atoms. The van der Waals surface area contributed by atoms with E-state index in [0.29, 0.717) is 0 Å². The van der Waals surface area contributed by atoms with Crippen LogP contribution in [0.25, 0.3) is 0 Å². The van der Waals surface area contributed by atoms with E-state index >= 15 is 0 Å². The van der Waals surface area contributed by atoms with Crippen LogP contribution >= 0.6 is 0 Å². The predicted octanol–water partition coefficient (Wildman–Crippen LogP) is -39.8. The fraction of sp³-hybridized carbons (Fsp3) is 0. The van der Waals surface area contributed by atoms with E-state index in [1.165, 1.54) is 0 Å². The van der Waals surface area contributed by atoms with Gasteiger partial charge in [0, 0.05) is 0 Å². The van der Waals surface area contributed by atoms with Crippen LogP contribution in [0, 0.1) is 0 Å². The molecule has 0 aromatic carbocycles. The van der Waals surface area contributed by atoms with Crippen molar-refractivity contribution < 1.29 is 276 Å². The summed E-state index contributed by atoms with van der Waals surface area (Å²) in [5.41, 5.74) is 0. The maximum absolute atomic E-state index is 9.36. The van der Waals surface area contributed by atoms with Crippen molar-refractivity contribution in [3.8, 4) is 0 Å². The molecule has 51 heteroatoms. The second-order valence-corrected chi connectivity index (χ2v) is 19.6. The summed E-state index contributed by atoms with van der Waals surface area (Å²) in [6.07, 6.45) is 0. The summed E-state index contributed by atoms with van der Waals surface area (Å²) in [5, 5.41) is 0. The molecule has 0 fully saturated rings. The molecular weight excluding hydrogens is 1150 g/mol. The van der Waals surface area contributed by atoms with Gasteiger partial charge in [-0.2, -0.15) is 0 Å². The van der Waals surface area contributed by atoms with E-state index in [-0.39, 0.29) is 111 Å². The van der Waals surface area contributed by atoms with Crippen molar-refractivity contribution in [2.45, 2.75) is 0 Å². The molecule has 0 radical (unpaired) electrons. The molecule has 0 heterocycles. The molecule has 0 aromatic rings. The van der Waals surface area contributed by atoms with Crippen molar-refractivity contribution in [1.82, 2.24) is 0 Å². The Morgan fingerprint density at radius 3 is 0.176 bits per heavy atom. The van der Waals surface area contributed by atoms with E-state index in [0.717, 1.165) is 0 Å². The van der Waals surface area contributed by atoms with E-state index in [1.807, 2.05) is 0 Å². The van der Waals surface area contributed by atoms with Gasteiger partial charge >= 0.3 is 111 Å². The normalized spacial score (nSPS) is 12.4. The van der Waals surface area contributed by atoms with E-state index in [4.69, 9.17) is 0 Å². The van der Waals surface area contributed by atoms with Crippen LogP contribution < -0.4 is 144 Å². The monoisotopic (exact) mass is 1150 g/mol. The van der Waals surface area contributed by atoms with Gasteiger partial charge in [0.05, 0.1) is 0 Å². The zero-order valence-corrected chi connectivity index (χ0v) is 40.4. The van der Waals surface area contributed by atoms with Crippen molar-refractivity contribution >= 4 is 90.5 Å². The number of hydrogen-bond acceptors (Lipinski definition) is 35. The summed E-state index contributed by atoms with van der Waals surface area (Å²) < 4.78 is 12.8. The minimum Gasteiger partial charge on any atom is -0.862 e. The fourth-order valence-corrected chi connectivity index (χ4v) is 6.89. The Labute approximate surface area is 363 Å². The summed E-state index contributed by atoms with van der Waals surface area (Å²) in [6, 6.07) is 0. The average Bonchev–Trinajstić information content (AvgIpc) is 2.36. The molecule has 0 aromatic heterocycles. The first kappa shape index (κ1) is 83.1. The quantitative estimate of drug-likeness (QED) is 0.183. The van der Waals surface area contributed by atoms with Crippen molar-refractivity contribution in [3.63, 3.8) is 0 Å². The molecular formula is O35Si10V6. The van der Waals surface area contributed by atoms with Crippen molar-refractivity contribution in [2.24, 2.45) is 0 Å². The van der Waals surface area contributed by atoms with Gasteiger partial charge in [-0.25, -0.2) is 0 Å². The van der Waals surface area contributed by atoms with Gasteiger partial charge in [0.1, 0.15) is 0 Å². The average molecular weight is 1150 g/mol. The minimum absolute atomic E-state index is 0. The van der Waals surface area contributed by atoms with Crippen LogP contribution in [-0.4, -0.2) is 90.5 Å². The third-order valence-electron chi connectivity index (χ3n) is 1.25. The molecule has 0 saturated heterocycles. The second kappa shape index (κ2) is 32.1. The molecule has 0 amide bonds. The summed E-state index contributed by atoms with van der Waals surface area (Å²) in [5.74, 6) is 0. The van der Waals surface area contributed by atoms with Gasteiger partial charge in [-0.15, -0.1) is 90.5 Å². The first-order valence-electron chi connectivity index (χ1n) is 8.16. The summed E-state index contributed by atoms with van der Waals surface area (Å²) in [6.45, 7) is 0. The number of hydrogen-bond donors (Lipinski definition) is 0. The van der Waals surface area contributed by atoms with Crippen LogP contribution in [0.15, 0.2) is 0 Å². The molecule has 0 aliphatic heterocycles. The molecule has 0 aliphatic rings. The zero-order valence-electron chi connectivity index (χ0n) is 22.0. The van der Waals surface area contributed by atoms with E-state index < -0.39 is 90.5 Å². The zero-order chi connectivity index (χ0) is 38.5. The van der Waals surface area contributed by atoms with Gasteiger partial charge in [-0.1, -0.05) is 0 Å². The third-order valence-corrected chi connectivity index (χ3v) is 11.3. The van der Waals surface area contributed by atoms with Crippen LogP contribution in [-0.2, 0) is 132 Å². The van der Waals surface area contributed by atoms with Crippen LogP contribution in [0.3, 0.4) is 0 Å². The first-order valence-corrected chi connectivity index (χ1v) is 24.5. The van der Waals surface area contributed by atoms with E-state index in [1.54, 1.807) is 0 Å². The third kappa shape index (κ3) is 126. The Morgan fingerprint density at radius 2 is 0.176 bits per heavy atom. The molecule has 0 N–H and O–H groups in total. The standard InChI is InChI=1S/5O7Si2.6V/c5*1-8(2,3)7-9(4,5)6;;;;;;/q5*-6;6*+5. The molecule has 0 rings (SSSR count). The Morgan fingerprint density at radius 1 is 0.137 bits per heavy atom. The maximum atomic E-state index is 9.36. The summed E-state index contributed by atoms with van der Waals surface area (Å²) >= 11 is 0. The Balaban J connectivity index is -0.0000000423. The summed E-state index contributed by atoms with van der Waals surface area (Å²) in [4.78, 5) is 281. The van der Waals surface area contributed by atoms with Gasteiger partial charge in [0.15, 0.2) is 0 Å². The summed E-state index contributed by atoms with van der Waals surface area (Å²) in [7, 11) is -59.2. The van der Waals surface area contributed by atoms with E-state index in [9.17, 15) is 144 Å². The SMILES string of the molecule is [O-][Si]([O-])([O-])O[Si]([O-])([O-])[O-].[O-][Si]([O-])([O-])O[Si]([O-])([O-])[O-].[O-][Si]([O-])([O-])O[Si]([O-])([O-])[O-].[O-][Si]([O-])([O-])O[Si]([O-])([O-])[O-].[O-][Si]([O-])([O-])O[Si]([O-])([O-])[O-].[V+5].[V+5].[V+5].[V+5].[V+5].[V+5]. The molecule has 0 bridgehead atoms. The first-order chi connectivity index (χ1) is 18.5. The maximum Gasteiger partial charge on any atom is 5.00 e. The second-order valence-electron chi connectivity index (χ2n) is 5.51. The largest absolute Gasteiger partial charge is 5.00 e. The van der Waals surface area contributed by atoms with Crippen LogP contribution in [0.2, 0.25) is 0 Å². The Bertz CT molecular complexity index is 538. The topological polar surface area (TPSA) is 738 Å². The van der Waals surface area contributed by atoms with Crippen LogP contribution in [0.4, 0.5) is 0 Å². The predicted molar refractivity (Wildman–Crippen MR) is 63.0 cm³/mol. The van der Waals surface area contributed by atoms with Gasteiger partial charge in [-0.05, 0) is 0 Å². The van der Waals surface area contributed by atoms with Gasteiger partial charge < -0.3 is 164 Å². The van der Waals surface area contributed by atoms with Crippen molar-refractivity contribution in [3.05, 3.63) is 0 Å². The van der Waals surface area contributed by atoms with E-state index in [2.05, 4.69) is 20.6 Å².